The predicted octanol–water partition coefficient (Wildman–Crippen LogP) is 2.77. The number of nitrogens with zero attached hydrogens (tertiary/aromatic N) is 2. The third kappa shape index (κ3) is 7.53. The molecule has 0 aromatic heterocycles. The van der Waals surface area contributed by atoms with E-state index in [9.17, 15) is 4.21 Å². The molecule has 1 unspecified atom stereocenters. The van der Waals surface area contributed by atoms with E-state index in [4.69, 9.17) is 16.3 Å². The molecule has 24 heavy (non-hydrogen) atoms. The van der Waals surface area contributed by atoms with Gasteiger partial charge >= 0.3 is 0 Å². The van der Waals surface area contributed by atoms with Crippen molar-refractivity contribution >= 4 is 28.4 Å². The molecule has 0 amide bonds. The molecule has 1 aromatic rings. The zero-order chi connectivity index (χ0) is 18.2. The molecule has 1 aromatic carbocycles. The van der Waals surface area contributed by atoms with Crippen molar-refractivity contribution in [3.8, 4) is 5.75 Å². The average molecular weight is 374 g/mol. The molecule has 5 nitrogen and oxygen atoms in total. The van der Waals surface area contributed by atoms with E-state index >= 15 is 0 Å². The summed E-state index contributed by atoms with van der Waals surface area (Å²) in [5.41, 5.74) is 0. The Kier molecular flexibility index (Phi) is 8.56. The van der Waals surface area contributed by atoms with Gasteiger partial charge in [-0.15, -0.1) is 0 Å². The Morgan fingerprint density at radius 3 is 2.71 bits per heavy atom. The van der Waals surface area contributed by atoms with Gasteiger partial charge in [-0.1, -0.05) is 17.7 Å². The van der Waals surface area contributed by atoms with Crippen LogP contribution in [-0.2, 0) is 10.8 Å². The molecular formula is C17H28ClN3O2S. The minimum absolute atomic E-state index is 0.193. The van der Waals surface area contributed by atoms with Crippen LogP contribution in [0.2, 0.25) is 5.02 Å². The Morgan fingerprint density at radius 1 is 1.42 bits per heavy atom. The van der Waals surface area contributed by atoms with Crippen molar-refractivity contribution < 1.29 is 8.95 Å². The summed E-state index contributed by atoms with van der Waals surface area (Å²) in [4.78, 5) is 6.22. The van der Waals surface area contributed by atoms with Crippen molar-refractivity contribution in [2.24, 2.45) is 4.99 Å². The van der Waals surface area contributed by atoms with E-state index in [1.165, 1.54) is 0 Å². The molecule has 1 rings (SSSR count). The highest BCUT2D eigenvalue weighted by molar-refractivity contribution is 7.86. The second-order valence-electron chi connectivity index (χ2n) is 6.36. The number of ether oxygens (including phenoxy) is 1. The van der Waals surface area contributed by atoms with Crippen molar-refractivity contribution in [1.82, 2.24) is 10.2 Å². The minimum Gasteiger partial charge on any atom is -0.492 e. The van der Waals surface area contributed by atoms with Crippen LogP contribution in [-0.4, -0.2) is 59.4 Å². The van der Waals surface area contributed by atoms with Crippen LogP contribution >= 0.6 is 11.6 Å². The van der Waals surface area contributed by atoms with Gasteiger partial charge < -0.3 is 15.0 Å². The fourth-order valence-corrected chi connectivity index (χ4v) is 2.99. The standard InChI is InChI=1S/C17H28ClN3O2S/c1-17(2,3)24(22)12-9-20-16(19-4)21(5)10-11-23-15-8-6-7-14(18)13-15/h6-8,13H,9-12H2,1-5H3,(H,19,20). The molecule has 0 bridgehead atoms. The van der Waals surface area contributed by atoms with Crippen LogP contribution in [0.1, 0.15) is 20.8 Å². The number of halogens is 1. The Morgan fingerprint density at radius 2 is 2.12 bits per heavy atom. The van der Waals surface area contributed by atoms with E-state index in [0.29, 0.717) is 30.5 Å². The van der Waals surface area contributed by atoms with E-state index in [-0.39, 0.29) is 4.75 Å². The Bertz CT molecular complexity index is 573. The summed E-state index contributed by atoms with van der Waals surface area (Å²) in [5.74, 6) is 2.10. The quantitative estimate of drug-likeness (QED) is 0.589. The second-order valence-corrected chi connectivity index (χ2v) is 9.12. The molecule has 136 valence electrons. The Hall–Kier alpha value is -1.27. The van der Waals surface area contributed by atoms with Crippen LogP contribution < -0.4 is 10.1 Å². The number of hydrogen-bond acceptors (Lipinski definition) is 3. The van der Waals surface area contributed by atoms with Crippen LogP contribution in [0, 0.1) is 0 Å². The van der Waals surface area contributed by atoms with Crippen molar-refractivity contribution in [3.05, 3.63) is 29.3 Å². The average Bonchev–Trinajstić information content (AvgIpc) is 2.50. The number of nitrogens with one attached hydrogen (secondary N) is 1. The van der Waals surface area contributed by atoms with Crippen LogP contribution in [0.15, 0.2) is 29.3 Å². The number of benzene rings is 1. The number of hydrogen-bond donors (Lipinski definition) is 1. The molecule has 0 aliphatic rings. The van der Waals surface area contributed by atoms with E-state index in [1.54, 1.807) is 13.1 Å². The lowest BCUT2D eigenvalue weighted by Gasteiger charge is -2.23. The maximum absolute atomic E-state index is 12.0. The number of aliphatic imine (C=N–C) groups is 1. The summed E-state index contributed by atoms with van der Waals surface area (Å²) in [5, 5.41) is 3.89. The lowest BCUT2D eigenvalue weighted by Crippen LogP contribution is -2.43. The van der Waals surface area contributed by atoms with Gasteiger partial charge in [0.05, 0.1) is 6.54 Å². The zero-order valence-electron chi connectivity index (χ0n) is 15.1. The maximum atomic E-state index is 12.0. The molecule has 0 spiro atoms. The van der Waals surface area contributed by atoms with E-state index in [0.717, 1.165) is 11.7 Å². The molecule has 0 radical (unpaired) electrons. The van der Waals surface area contributed by atoms with Gasteiger partial charge in [-0.05, 0) is 39.0 Å². The summed E-state index contributed by atoms with van der Waals surface area (Å²) in [7, 11) is 2.80. The first-order valence-corrected chi connectivity index (χ1v) is 9.62. The van der Waals surface area contributed by atoms with Crippen LogP contribution in [0.25, 0.3) is 0 Å². The van der Waals surface area contributed by atoms with E-state index in [2.05, 4.69) is 10.3 Å². The second kappa shape index (κ2) is 9.89. The molecule has 0 aliphatic carbocycles. The minimum atomic E-state index is -0.875. The van der Waals surface area contributed by atoms with Gasteiger partial charge in [0.25, 0.3) is 0 Å². The molecule has 0 aliphatic heterocycles. The lowest BCUT2D eigenvalue weighted by atomic mass is 10.3. The molecule has 0 heterocycles. The Labute approximate surface area is 152 Å². The molecule has 0 fully saturated rings. The van der Waals surface area contributed by atoms with Crippen LogP contribution in [0.3, 0.4) is 0 Å². The van der Waals surface area contributed by atoms with Crippen LogP contribution in [0.5, 0.6) is 5.75 Å². The van der Waals surface area contributed by atoms with Gasteiger partial charge in [0.1, 0.15) is 12.4 Å². The fourth-order valence-electron chi connectivity index (χ4n) is 1.91. The highest BCUT2D eigenvalue weighted by atomic mass is 35.5. The third-order valence-corrected chi connectivity index (χ3v) is 5.49. The molecule has 0 saturated carbocycles. The largest absolute Gasteiger partial charge is 0.492 e. The predicted molar refractivity (Wildman–Crippen MR) is 104 cm³/mol. The molecule has 1 N–H and O–H groups in total. The highest BCUT2D eigenvalue weighted by Gasteiger charge is 2.18. The lowest BCUT2D eigenvalue weighted by molar-refractivity contribution is 0.281. The molecule has 7 heteroatoms. The van der Waals surface area contributed by atoms with Gasteiger partial charge in [0.15, 0.2) is 5.96 Å². The maximum Gasteiger partial charge on any atom is 0.193 e. The summed E-state index contributed by atoms with van der Waals surface area (Å²) < 4.78 is 17.5. The number of guanidine groups is 1. The summed E-state index contributed by atoms with van der Waals surface area (Å²) >= 11 is 5.93. The fraction of sp³-hybridized carbons (Fsp3) is 0.588. The topological polar surface area (TPSA) is 53.9 Å². The zero-order valence-corrected chi connectivity index (χ0v) is 16.7. The van der Waals surface area contributed by atoms with Crippen molar-refractivity contribution in [2.45, 2.75) is 25.5 Å². The van der Waals surface area contributed by atoms with Gasteiger partial charge in [-0.25, -0.2) is 0 Å². The van der Waals surface area contributed by atoms with Gasteiger partial charge in [-0.2, -0.15) is 0 Å². The Balaban J connectivity index is 2.36. The number of rotatable bonds is 7. The number of likely N-dealkylation sites (N-methyl/N-ethyl adjacent to an activating group) is 1. The normalized spacial score (nSPS) is 13.5. The van der Waals surface area contributed by atoms with Gasteiger partial charge in [0, 0.05) is 47.0 Å². The summed E-state index contributed by atoms with van der Waals surface area (Å²) in [6, 6.07) is 7.34. The van der Waals surface area contributed by atoms with Crippen molar-refractivity contribution in [2.75, 3.05) is 39.5 Å². The van der Waals surface area contributed by atoms with Crippen molar-refractivity contribution in [3.63, 3.8) is 0 Å². The first kappa shape index (κ1) is 20.8. The third-order valence-electron chi connectivity index (χ3n) is 3.32. The van der Waals surface area contributed by atoms with E-state index in [1.807, 2.05) is 50.9 Å². The smallest absolute Gasteiger partial charge is 0.193 e. The van der Waals surface area contributed by atoms with E-state index < -0.39 is 10.8 Å². The molecular weight excluding hydrogens is 346 g/mol. The first-order valence-electron chi connectivity index (χ1n) is 7.92. The molecule has 1 atom stereocenters. The summed E-state index contributed by atoms with van der Waals surface area (Å²) in [6.07, 6.45) is 0. The molecule has 0 saturated heterocycles. The van der Waals surface area contributed by atoms with Crippen molar-refractivity contribution in [1.29, 1.82) is 0 Å². The van der Waals surface area contributed by atoms with Gasteiger partial charge in [0.2, 0.25) is 0 Å². The monoisotopic (exact) mass is 373 g/mol. The highest BCUT2D eigenvalue weighted by Crippen LogP contribution is 2.16. The van der Waals surface area contributed by atoms with Crippen LogP contribution in [0.4, 0.5) is 0 Å². The SMILES string of the molecule is CN=C(NCCS(=O)C(C)(C)C)N(C)CCOc1cccc(Cl)c1. The summed E-state index contributed by atoms with van der Waals surface area (Å²) in [6.45, 7) is 7.77. The first-order chi connectivity index (χ1) is 11.2. The van der Waals surface area contributed by atoms with Gasteiger partial charge in [-0.3, -0.25) is 9.20 Å².